The van der Waals surface area contributed by atoms with Crippen LogP contribution in [0.5, 0.6) is 0 Å². The molecule has 1 aromatic heterocycles. The molecule has 1 fully saturated rings. The third-order valence-corrected chi connectivity index (χ3v) is 3.21. The van der Waals surface area contributed by atoms with Crippen LogP contribution in [0.3, 0.4) is 0 Å². The van der Waals surface area contributed by atoms with E-state index in [0.717, 1.165) is 30.2 Å². The largest absolute Gasteiger partial charge is 0.322 e. The minimum absolute atomic E-state index is 0.0551. The molecule has 94 valence electrons. The van der Waals surface area contributed by atoms with Gasteiger partial charge in [0.15, 0.2) is 0 Å². The number of hydrogen-bond acceptors (Lipinski definition) is 3. The van der Waals surface area contributed by atoms with Crippen LogP contribution in [0.15, 0.2) is 0 Å². The Morgan fingerprint density at radius 1 is 1.35 bits per heavy atom. The van der Waals surface area contributed by atoms with Crippen LogP contribution in [-0.2, 0) is 4.79 Å². The van der Waals surface area contributed by atoms with Gasteiger partial charge in [-0.15, -0.1) is 0 Å². The SMILES string of the molecule is Cc1n[nH]c(C)c1NC(=O)CN1CCCCC1. The third kappa shape index (κ3) is 3.06. The van der Waals surface area contributed by atoms with Crippen molar-refractivity contribution in [3.63, 3.8) is 0 Å². The maximum atomic E-state index is 11.9. The van der Waals surface area contributed by atoms with Gasteiger partial charge in [-0.2, -0.15) is 5.10 Å². The summed E-state index contributed by atoms with van der Waals surface area (Å²) in [6.07, 6.45) is 3.70. The van der Waals surface area contributed by atoms with Crippen molar-refractivity contribution < 1.29 is 4.79 Å². The summed E-state index contributed by atoms with van der Waals surface area (Å²) in [5, 5.41) is 9.86. The summed E-state index contributed by atoms with van der Waals surface area (Å²) in [6.45, 7) is 6.37. The van der Waals surface area contributed by atoms with Gasteiger partial charge >= 0.3 is 0 Å². The van der Waals surface area contributed by atoms with Gasteiger partial charge in [0.25, 0.3) is 0 Å². The maximum absolute atomic E-state index is 11.9. The summed E-state index contributed by atoms with van der Waals surface area (Å²) in [5.41, 5.74) is 2.58. The van der Waals surface area contributed by atoms with Crippen LogP contribution in [0.1, 0.15) is 30.7 Å². The van der Waals surface area contributed by atoms with Crippen LogP contribution in [-0.4, -0.2) is 40.6 Å². The molecule has 5 heteroatoms. The lowest BCUT2D eigenvalue weighted by molar-refractivity contribution is -0.117. The number of aromatic amines is 1. The minimum Gasteiger partial charge on any atom is -0.322 e. The first-order valence-corrected chi connectivity index (χ1v) is 6.20. The van der Waals surface area contributed by atoms with Gasteiger partial charge < -0.3 is 5.32 Å². The Balaban J connectivity index is 1.88. The highest BCUT2D eigenvalue weighted by Gasteiger charge is 2.15. The number of likely N-dealkylation sites (tertiary alicyclic amines) is 1. The molecule has 1 aromatic rings. The molecule has 0 aromatic carbocycles. The average molecular weight is 236 g/mol. The van der Waals surface area contributed by atoms with Crippen LogP contribution in [0.25, 0.3) is 0 Å². The zero-order valence-electron chi connectivity index (χ0n) is 10.5. The summed E-state index contributed by atoms with van der Waals surface area (Å²) in [4.78, 5) is 14.1. The highest BCUT2D eigenvalue weighted by atomic mass is 16.2. The highest BCUT2D eigenvalue weighted by Crippen LogP contribution is 2.16. The van der Waals surface area contributed by atoms with Gasteiger partial charge in [-0.3, -0.25) is 14.8 Å². The number of H-pyrrole nitrogens is 1. The van der Waals surface area contributed by atoms with Crippen molar-refractivity contribution in [2.75, 3.05) is 25.0 Å². The molecule has 0 atom stereocenters. The van der Waals surface area contributed by atoms with Gasteiger partial charge in [-0.05, 0) is 39.8 Å². The van der Waals surface area contributed by atoms with E-state index < -0.39 is 0 Å². The lowest BCUT2D eigenvalue weighted by atomic mass is 10.1. The van der Waals surface area contributed by atoms with Gasteiger partial charge in [0.2, 0.25) is 5.91 Å². The second-order valence-electron chi connectivity index (χ2n) is 4.69. The molecule has 0 saturated carbocycles. The number of piperidine rings is 1. The van der Waals surface area contributed by atoms with E-state index in [1.165, 1.54) is 19.3 Å². The van der Waals surface area contributed by atoms with Crippen LogP contribution >= 0.6 is 0 Å². The number of hydrogen-bond donors (Lipinski definition) is 2. The molecule has 2 heterocycles. The Morgan fingerprint density at radius 2 is 2.06 bits per heavy atom. The fraction of sp³-hybridized carbons (Fsp3) is 0.667. The molecule has 2 N–H and O–H groups in total. The van der Waals surface area contributed by atoms with Crippen LogP contribution in [0, 0.1) is 13.8 Å². The van der Waals surface area contributed by atoms with Crippen molar-refractivity contribution in [1.82, 2.24) is 15.1 Å². The first-order chi connectivity index (χ1) is 8.16. The number of nitrogens with zero attached hydrogens (tertiary/aromatic N) is 2. The number of amides is 1. The topological polar surface area (TPSA) is 61.0 Å². The molecule has 0 bridgehead atoms. The van der Waals surface area contributed by atoms with E-state index in [4.69, 9.17) is 0 Å². The molecule has 2 rings (SSSR count). The van der Waals surface area contributed by atoms with Crippen LogP contribution in [0.4, 0.5) is 5.69 Å². The van der Waals surface area contributed by atoms with Crippen LogP contribution in [0.2, 0.25) is 0 Å². The number of aromatic nitrogens is 2. The molecule has 0 unspecified atom stereocenters. The van der Waals surface area contributed by atoms with E-state index in [-0.39, 0.29) is 5.91 Å². The number of anilines is 1. The molecular formula is C12H20N4O. The monoisotopic (exact) mass is 236 g/mol. The summed E-state index contributed by atoms with van der Waals surface area (Å²) >= 11 is 0. The first kappa shape index (κ1) is 12.1. The zero-order chi connectivity index (χ0) is 12.3. The molecule has 17 heavy (non-hydrogen) atoms. The second kappa shape index (κ2) is 5.31. The number of rotatable bonds is 3. The van der Waals surface area contributed by atoms with Crippen molar-refractivity contribution in [3.8, 4) is 0 Å². The number of carbonyl (C=O) groups is 1. The van der Waals surface area contributed by atoms with Gasteiger partial charge in [0.1, 0.15) is 0 Å². The number of carbonyl (C=O) groups excluding carboxylic acids is 1. The Morgan fingerprint density at radius 3 is 2.65 bits per heavy atom. The Labute approximate surface area is 102 Å². The lowest BCUT2D eigenvalue weighted by Crippen LogP contribution is -2.36. The Hall–Kier alpha value is -1.36. The molecule has 5 nitrogen and oxygen atoms in total. The average Bonchev–Trinajstić information content (AvgIpc) is 2.62. The van der Waals surface area contributed by atoms with Gasteiger partial charge in [0.05, 0.1) is 23.6 Å². The van der Waals surface area contributed by atoms with E-state index in [9.17, 15) is 4.79 Å². The molecule has 1 aliphatic heterocycles. The van der Waals surface area contributed by atoms with Crippen LogP contribution < -0.4 is 5.32 Å². The molecule has 1 saturated heterocycles. The van der Waals surface area contributed by atoms with Crippen molar-refractivity contribution in [3.05, 3.63) is 11.4 Å². The first-order valence-electron chi connectivity index (χ1n) is 6.20. The van der Waals surface area contributed by atoms with E-state index in [0.29, 0.717) is 6.54 Å². The zero-order valence-corrected chi connectivity index (χ0v) is 10.5. The molecule has 1 amide bonds. The predicted molar refractivity (Wildman–Crippen MR) is 67.0 cm³/mol. The van der Waals surface area contributed by atoms with Gasteiger partial charge in [-0.1, -0.05) is 6.42 Å². The van der Waals surface area contributed by atoms with Gasteiger partial charge in [0, 0.05) is 0 Å². The van der Waals surface area contributed by atoms with Gasteiger partial charge in [-0.25, -0.2) is 0 Å². The smallest absolute Gasteiger partial charge is 0.238 e. The fourth-order valence-corrected chi connectivity index (χ4v) is 2.23. The predicted octanol–water partition coefficient (Wildman–Crippen LogP) is 1.45. The summed E-state index contributed by atoms with van der Waals surface area (Å²) in [6, 6.07) is 0. The van der Waals surface area contributed by atoms with E-state index >= 15 is 0 Å². The maximum Gasteiger partial charge on any atom is 0.238 e. The highest BCUT2D eigenvalue weighted by molar-refractivity contribution is 5.93. The third-order valence-electron chi connectivity index (χ3n) is 3.21. The normalized spacial score (nSPS) is 17.1. The summed E-state index contributed by atoms with van der Waals surface area (Å²) in [5.74, 6) is 0.0551. The molecular weight excluding hydrogens is 216 g/mol. The standard InChI is InChI=1S/C12H20N4O/c1-9-12(10(2)15-14-9)13-11(17)8-16-6-4-3-5-7-16/h3-8H2,1-2H3,(H,13,17)(H,14,15). The molecule has 1 aliphatic rings. The number of nitrogens with one attached hydrogen (secondary N) is 2. The molecule has 0 spiro atoms. The lowest BCUT2D eigenvalue weighted by Gasteiger charge is -2.25. The second-order valence-corrected chi connectivity index (χ2v) is 4.69. The summed E-state index contributed by atoms with van der Waals surface area (Å²) < 4.78 is 0. The van der Waals surface area contributed by atoms with E-state index in [1.54, 1.807) is 0 Å². The Bertz CT molecular complexity index is 374. The van der Waals surface area contributed by atoms with E-state index in [1.807, 2.05) is 13.8 Å². The fourth-order valence-electron chi connectivity index (χ4n) is 2.23. The summed E-state index contributed by atoms with van der Waals surface area (Å²) in [7, 11) is 0. The van der Waals surface area contributed by atoms with Crippen molar-refractivity contribution >= 4 is 11.6 Å². The molecule has 0 aliphatic carbocycles. The molecule has 0 radical (unpaired) electrons. The van der Waals surface area contributed by atoms with Crippen molar-refractivity contribution in [2.24, 2.45) is 0 Å². The van der Waals surface area contributed by atoms with Crippen molar-refractivity contribution in [1.29, 1.82) is 0 Å². The number of aryl methyl sites for hydroxylation is 2. The quantitative estimate of drug-likeness (QED) is 0.835. The Kier molecular flexibility index (Phi) is 3.78. The van der Waals surface area contributed by atoms with E-state index in [2.05, 4.69) is 20.4 Å². The van der Waals surface area contributed by atoms with Crippen molar-refractivity contribution in [2.45, 2.75) is 33.1 Å². The minimum atomic E-state index is 0.0551.